The van der Waals surface area contributed by atoms with E-state index in [0.717, 1.165) is 5.56 Å². The highest BCUT2D eigenvalue weighted by Crippen LogP contribution is 2.06. The van der Waals surface area contributed by atoms with E-state index >= 15 is 0 Å². The van der Waals surface area contributed by atoms with Gasteiger partial charge >= 0.3 is 0 Å². The molecule has 4 heteroatoms. The molecular formula is C11H13N3S. The summed E-state index contributed by atoms with van der Waals surface area (Å²) in [5.41, 5.74) is 1.76. The van der Waals surface area contributed by atoms with Crippen LogP contribution in [0.2, 0.25) is 0 Å². The first-order valence-electron chi connectivity index (χ1n) is 4.59. The Labute approximate surface area is 95.3 Å². The molecule has 0 spiro atoms. The smallest absolute Gasteiger partial charge is 0.168 e. The van der Waals surface area contributed by atoms with Crippen molar-refractivity contribution in [3.05, 3.63) is 35.4 Å². The predicted octanol–water partition coefficient (Wildman–Crippen LogP) is 1.49. The van der Waals surface area contributed by atoms with Crippen molar-refractivity contribution >= 4 is 17.3 Å². The van der Waals surface area contributed by atoms with Crippen LogP contribution in [0.5, 0.6) is 0 Å². The summed E-state index contributed by atoms with van der Waals surface area (Å²) in [5, 5.41) is 12.3. The van der Waals surface area contributed by atoms with Crippen LogP contribution in [0.4, 0.5) is 0 Å². The molecule has 78 valence electrons. The van der Waals surface area contributed by atoms with Gasteiger partial charge in [0, 0.05) is 20.6 Å². The maximum absolute atomic E-state index is 8.75. The fraction of sp³-hybridized carbons (Fsp3) is 0.273. The highest BCUT2D eigenvalue weighted by Gasteiger charge is 2.03. The van der Waals surface area contributed by atoms with E-state index in [2.05, 4.69) is 11.4 Å². The number of nitriles is 1. The van der Waals surface area contributed by atoms with E-state index in [4.69, 9.17) is 17.5 Å². The standard InChI is InChI=1S/C11H13N3S/c1-13-11(15)14(2)8-10-5-3-4-9(6-10)7-12/h3-6H,8H2,1-2H3,(H,13,15). The van der Waals surface area contributed by atoms with Crippen LogP contribution in [-0.2, 0) is 6.54 Å². The second-order valence-corrected chi connectivity index (χ2v) is 3.61. The van der Waals surface area contributed by atoms with Crippen LogP contribution < -0.4 is 5.32 Å². The van der Waals surface area contributed by atoms with Gasteiger partial charge in [0.25, 0.3) is 0 Å². The number of thiocarbonyl (C=S) groups is 1. The monoisotopic (exact) mass is 219 g/mol. The number of hydrogen-bond donors (Lipinski definition) is 1. The number of hydrogen-bond acceptors (Lipinski definition) is 2. The Morgan fingerprint density at radius 2 is 2.33 bits per heavy atom. The van der Waals surface area contributed by atoms with E-state index in [-0.39, 0.29) is 0 Å². The maximum atomic E-state index is 8.75. The van der Waals surface area contributed by atoms with Crippen LogP contribution in [0.3, 0.4) is 0 Å². The summed E-state index contributed by atoms with van der Waals surface area (Å²) in [7, 11) is 3.71. The van der Waals surface area contributed by atoms with Gasteiger partial charge in [-0.15, -0.1) is 0 Å². The largest absolute Gasteiger partial charge is 0.366 e. The minimum Gasteiger partial charge on any atom is -0.366 e. The van der Waals surface area contributed by atoms with Crippen LogP contribution in [0.25, 0.3) is 0 Å². The minimum absolute atomic E-state index is 0.677. The van der Waals surface area contributed by atoms with Crippen molar-refractivity contribution in [2.24, 2.45) is 0 Å². The fourth-order valence-electron chi connectivity index (χ4n) is 1.28. The Kier molecular flexibility index (Phi) is 4.07. The zero-order valence-electron chi connectivity index (χ0n) is 8.82. The lowest BCUT2D eigenvalue weighted by atomic mass is 10.1. The summed E-state index contributed by atoms with van der Waals surface area (Å²) < 4.78 is 0. The van der Waals surface area contributed by atoms with Gasteiger partial charge in [-0.2, -0.15) is 5.26 Å². The minimum atomic E-state index is 0.677. The molecule has 15 heavy (non-hydrogen) atoms. The molecule has 0 aliphatic carbocycles. The van der Waals surface area contributed by atoms with Crippen LogP contribution in [-0.4, -0.2) is 24.1 Å². The number of nitrogens with zero attached hydrogens (tertiary/aromatic N) is 2. The molecule has 0 saturated carbocycles. The first kappa shape index (κ1) is 11.5. The van der Waals surface area contributed by atoms with E-state index in [9.17, 15) is 0 Å². The van der Waals surface area contributed by atoms with Gasteiger partial charge in [0.15, 0.2) is 5.11 Å². The molecule has 0 aromatic heterocycles. The summed E-state index contributed by atoms with van der Waals surface area (Å²) in [5.74, 6) is 0. The Morgan fingerprint density at radius 1 is 1.60 bits per heavy atom. The predicted molar refractivity (Wildman–Crippen MR) is 64.3 cm³/mol. The second-order valence-electron chi connectivity index (χ2n) is 3.22. The normalized spacial score (nSPS) is 9.13. The first-order chi connectivity index (χ1) is 7.17. The third-order valence-corrected chi connectivity index (χ3v) is 2.55. The molecule has 0 radical (unpaired) electrons. The van der Waals surface area contributed by atoms with Crippen molar-refractivity contribution in [2.75, 3.05) is 14.1 Å². The second kappa shape index (κ2) is 5.32. The van der Waals surface area contributed by atoms with Crippen LogP contribution in [0, 0.1) is 11.3 Å². The molecule has 0 heterocycles. The molecule has 3 nitrogen and oxygen atoms in total. The van der Waals surface area contributed by atoms with Crippen molar-refractivity contribution in [3.8, 4) is 6.07 Å². The summed E-state index contributed by atoms with van der Waals surface area (Å²) in [6, 6.07) is 9.64. The molecule has 0 bridgehead atoms. The lowest BCUT2D eigenvalue weighted by molar-refractivity contribution is 0.495. The van der Waals surface area contributed by atoms with E-state index < -0.39 is 0 Å². The average molecular weight is 219 g/mol. The Balaban J connectivity index is 2.73. The molecule has 1 aromatic rings. The van der Waals surface area contributed by atoms with Gasteiger partial charge in [-0.25, -0.2) is 0 Å². The highest BCUT2D eigenvalue weighted by atomic mass is 32.1. The summed E-state index contributed by atoms with van der Waals surface area (Å²) in [6.45, 7) is 0.704. The van der Waals surface area contributed by atoms with Crippen molar-refractivity contribution in [2.45, 2.75) is 6.54 Å². The number of rotatable bonds is 2. The molecule has 0 aliphatic heterocycles. The van der Waals surface area contributed by atoms with Gasteiger partial charge in [0.05, 0.1) is 11.6 Å². The van der Waals surface area contributed by atoms with Gasteiger partial charge in [-0.1, -0.05) is 12.1 Å². The van der Waals surface area contributed by atoms with Crippen LogP contribution >= 0.6 is 12.2 Å². The zero-order valence-corrected chi connectivity index (χ0v) is 9.64. The van der Waals surface area contributed by atoms with E-state index in [1.54, 1.807) is 13.1 Å². The van der Waals surface area contributed by atoms with Gasteiger partial charge in [-0.05, 0) is 29.9 Å². The molecule has 0 unspecified atom stereocenters. The number of benzene rings is 1. The van der Waals surface area contributed by atoms with E-state index in [0.29, 0.717) is 17.2 Å². The highest BCUT2D eigenvalue weighted by molar-refractivity contribution is 7.80. The molecule has 0 saturated heterocycles. The number of nitrogens with one attached hydrogen (secondary N) is 1. The van der Waals surface area contributed by atoms with Crippen LogP contribution in [0.1, 0.15) is 11.1 Å². The molecule has 0 atom stereocenters. The Hall–Kier alpha value is -1.60. The molecule has 1 N–H and O–H groups in total. The molecule has 1 aromatic carbocycles. The van der Waals surface area contributed by atoms with Crippen molar-refractivity contribution in [1.82, 2.24) is 10.2 Å². The lowest BCUT2D eigenvalue weighted by Crippen LogP contribution is -2.34. The Bertz CT molecular complexity index is 395. The van der Waals surface area contributed by atoms with E-state index in [1.807, 2.05) is 30.1 Å². The van der Waals surface area contributed by atoms with Crippen molar-refractivity contribution in [1.29, 1.82) is 5.26 Å². The lowest BCUT2D eigenvalue weighted by Gasteiger charge is -2.19. The maximum Gasteiger partial charge on any atom is 0.168 e. The SMILES string of the molecule is CNC(=S)N(C)Cc1cccc(C#N)c1. The van der Waals surface area contributed by atoms with E-state index in [1.165, 1.54) is 0 Å². The average Bonchev–Trinajstić information content (AvgIpc) is 2.28. The molecule has 0 fully saturated rings. The van der Waals surface area contributed by atoms with Gasteiger partial charge in [0.1, 0.15) is 0 Å². The quantitative estimate of drug-likeness (QED) is 0.765. The summed E-state index contributed by atoms with van der Waals surface area (Å²) >= 11 is 5.09. The molecule has 0 aliphatic rings. The fourth-order valence-corrected chi connectivity index (χ4v) is 1.34. The Morgan fingerprint density at radius 3 is 2.93 bits per heavy atom. The first-order valence-corrected chi connectivity index (χ1v) is 5.00. The van der Waals surface area contributed by atoms with Crippen molar-refractivity contribution < 1.29 is 0 Å². The molecule has 1 rings (SSSR count). The molecule has 0 amide bonds. The third-order valence-electron chi connectivity index (χ3n) is 2.04. The topological polar surface area (TPSA) is 39.1 Å². The van der Waals surface area contributed by atoms with Crippen LogP contribution in [0.15, 0.2) is 24.3 Å². The third kappa shape index (κ3) is 3.22. The van der Waals surface area contributed by atoms with Crippen molar-refractivity contribution in [3.63, 3.8) is 0 Å². The van der Waals surface area contributed by atoms with Gasteiger partial charge in [-0.3, -0.25) is 0 Å². The summed E-state index contributed by atoms with van der Waals surface area (Å²) in [4.78, 5) is 1.92. The zero-order chi connectivity index (χ0) is 11.3. The molecular weight excluding hydrogens is 206 g/mol. The van der Waals surface area contributed by atoms with Gasteiger partial charge in [0.2, 0.25) is 0 Å². The summed E-state index contributed by atoms with van der Waals surface area (Å²) in [6.07, 6.45) is 0. The van der Waals surface area contributed by atoms with Gasteiger partial charge < -0.3 is 10.2 Å².